The van der Waals surface area contributed by atoms with E-state index in [1.165, 1.54) is 16.9 Å². The van der Waals surface area contributed by atoms with Gasteiger partial charge in [-0.2, -0.15) is 14.6 Å². The zero-order valence-electron chi connectivity index (χ0n) is 16.6. The Morgan fingerprint density at radius 2 is 1.86 bits per heavy atom. The Morgan fingerprint density at radius 3 is 2.64 bits per heavy atom. The first-order valence-electron chi connectivity index (χ1n) is 10.0. The minimum atomic E-state index is 0.480. The molecule has 1 saturated heterocycles. The molecule has 1 aromatic carbocycles. The van der Waals surface area contributed by atoms with Gasteiger partial charge >= 0.3 is 0 Å². The molecule has 4 heterocycles. The smallest absolute Gasteiger partial charge is 0.254 e. The van der Waals surface area contributed by atoms with E-state index in [0.29, 0.717) is 11.8 Å². The number of hydrogen-bond donors (Lipinski definition) is 0. The molecule has 7 nitrogen and oxygen atoms in total. The normalized spacial score (nSPS) is 15.8. The van der Waals surface area contributed by atoms with Gasteiger partial charge in [-0.25, -0.2) is 9.97 Å². The number of fused-ring (bicyclic) bond motifs is 2. The maximum atomic E-state index is 4.86. The number of hydrogen-bond acceptors (Lipinski definition) is 5. The quantitative estimate of drug-likeness (QED) is 0.548. The van der Waals surface area contributed by atoms with Crippen molar-refractivity contribution in [2.24, 2.45) is 0 Å². The van der Waals surface area contributed by atoms with E-state index in [1.54, 1.807) is 6.33 Å². The monoisotopic (exact) mass is 375 g/mol. The number of para-hydroxylation sites is 2. The van der Waals surface area contributed by atoms with Crippen LogP contribution in [0.4, 0.5) is 5.82 Å². The van der Waals surface area contributed by atoms with E-state index >= 15 is 0 Å². The van der Waals surface area contributed by atoms with Crippen LogP contribution >= 0.6 is 0 Å². The summed E-state index contributed by atoms with van der Waals surface area (Å²) in [4.78, 5) is 16.1. The van der Waals surface area contributed by atoms with Gasteiger partial charge in [-0.1, -0.05) is 19.1 Å². The van der Waals surface area contributed by atoms with E-state index in [1.807, 2.05) is 11.4 Å². The van der Waals surface area contributed by atoms with Crippen LogP contribution in [0.3, 0.4) is 0 Å². The van der Waals surface area contributed by atoms with E-state index in [-0.39, 0.29) is 0 Å². The number of benzene rings is 1. The zero-order valence-corrected chi connectivity index (χ0v) is 16.6. The molecular formula is C21H25N7. The Balaban J connectivity index is 1.47. The molecule has 3 aromatic heterocycles. The van der Waals surface area contributed by atoms with Crippen LogP contribution in [-0.4, -0.2) is 42.2 Å². The van der Waals surface area contributed by atoms with E-state index in [9.17, 15) is 0 Å². The predicted octanol–water partition coefficient (Wildman–Crippen LogP) is 3.49. The van der Waals surface area contributed by atoms with Crippen LogP contribution in [-0.2, 0) is 6.42 Å². The van der Waals surface area contributed by atoms with Crippen molar-refractivity contribution in [3.8, 4) is 0 Å². The third-order valence-electron chi connectivity index (χ3n) is 5.99. The summed E-state index contributed by atoms with van der Waals surface area (Å²) in [6.07, 6.45) is 4.72. The Bertz CT molecular complexity index is 1150. The minimum Gasteiger partial charge on any atom is -0.356 e. The molecule has 28 heavy (non-hydrogen) atoms. The Morgan fingerprint density at radius 1 is 1.07 bits per heavy atom. The van der Waals surface area contributed by atoms with Crippen LogP contribution < -0.4 is 4.90 Å². The second kappa shape index (κ2) is 6.58. The van der Waals surface area contributed by atoms with Crippen LogP contribution in [0.1, 0.15) is 42.9 Å². The zero-order chi connectivity index (χ0) is 19.3. The molecule has 0 spiro atoms. The summed E-state index contributed by atoms with van der Waals surface area (Å²) in [5, 5.41) is 4.42. The SMILES string of the molecule is CCc1nc2ccccc2n1C1CCN(c2c(C)c(C)nc3ncnn23)CC1. The lowest BCUT2D eigenvalue weighted by Crippen LogP contribution is -2.37. The molecule has 4 aromatic rings. The molecule has 1 aliphatic rings. The third-order valence-corrected chi connectivity index (χ3v) is 5.99. The molecule has 0 atom stereocenters. The first-order valence-corrected chi connectivity index (χ1v) is 10.0. The van der Waals surface area contributed by atoms with Gasteiger partial charge in [0.15, 0.2) is 0 Å². The second-order valence-electron chi connectivity index (χ2n) is 7.58. The predicted molar refractivity (Wildman–Crippen MR) is 110 cm³/mol. The first kappa shape index (κ1) is 17.2. The van der Waals surface area contributed by atoms with Crippen molar-refractivity contribution in [3.05, 3.63) is 47.7 Å². The summed E-state index contributed by atoms with van der Waals surface area (Å²) >= 11 is 0. The molecule has 5 rings (SSSR count). The minimum absolute atomic E-state index is 0.480. The number of anilines is 1. The fourth-order valence-electron chi connectivity index (χ4n) is 4.47. The maximum Gasteiger partial charge on any atom is 0.254 e. The standard InChI is InChI=1S/C21H25N7/c1-4-19-25-17-7-5-6-8-18(17)27(19)16-9-11-26(12-10-16)20-14(2)15(3)24-21-22-13-23-28(20)21/h5-8,13,16H,4,9-12H2,1-3H3. The van der Waals surface area contributed by atoms with E-state index in [2.05, 4.69) is 62.6 Å². The third kappa shape index (κ3) is 2.57. The van der Waals surface area contributed by atoms with Crippen LogP contribution in [0.5, 0.6) is 0 Å². The summed E-state index contributed by atoms with van der Waals surface area (Å²) in [7, 11) is 0. The van der Waals surface area contributed by atoms with Gasteiger partial charge in [-0.3, -0.25) is 0 Å². The molecule has 144 valence electrons. The van der Waals surface area contributed by atoms with Gasteiger partial charge in [0.25, 0.3) is 5.78 Å². The lowest BCUT2D eigenvalue weighted by atomic mass is 10.0. The second-order valence-corrected chi connectivity index (χ2v) is 7.58. The summed E-state index contributed by atoms with van der Waals surface area (Å²) in [5.74, 6) is 2.99. The Labute approximate surface area is 164 Å². The molecule has 0 N–H and O–H groups in total. The summed E-state index contributed by atoms with van der Waals surface area (Å²) in [6.45, 7) is 8.34. The Hall–Kier alpha value is -2.96. The van der Waals surface area contributed by atoms with Gasteiger partial charge in [0, 0.05) is 36.8 Å². The number of piperidine rings is 1. The lowest BCUT2D eigenvalue weighted by molar-refractivity contribution is 0.392. The fourth-order valence-corrected chi connectivity index (χ4v) is 4.47. The average Bonchev–Trinajstić information content (AvgIpc) is 3.33. The van der Waals surface area contributed by atoms with Crippen molar-refractivity contribution >= 4 is 22.6 Å². The molecule has 0 bridgehead atoms. The molecule has 0 saturated carbocycles. The van der Waals surface area contributed by atoms with Gasteiger partial charge in [0.05, 0.1) is 11.0 Å². The summed E-state index contributed by atoms with van der Waals surface area (Å²) in [6, 6.07) is 8.97. The van der Waals surface area contributed by atoms with Gasteiger partial charge in [-0.05, 0) is 38.8 Å². The van der Waals surface area contributed by atoms with Crippen LogP contribution in [0.25, 0.3) is 16.8 Å². The lowest BCUT2D eigenvalue weighted by Gasteiger charge is -2.35. The van der Waals surface area contributed by atoms with Crippen molar-refractivity contribution in [2.45, 2.75) is 46.1 Å². The van der Waals surface area contributed by atoms with E-state index < -0.39 is 0 Å². The van der Waals surface area contributed by atoms with Crippen LogP contribution in [0.15, 0.2) is 30.6 Å². The van der Waals surface area contributed by atoms with Gasteiger partial charge in [-0.15, -0.1) is 0 Å². The van der Waals surface area contributed by atoms with E-state index in [0.717, 1.165) is 49.4 Å². The average molecular weight is 375 g/mol. The first-order chi connectivity index (χ1) is 13.7. The van der Waals surface area contributed by atoms with Gasteiger partial charge in [0.1, 0.15) is 18.0 Å². The topological polar surface area (TPSA) is 64.1 Å². The number of aromatic nitrogens is 6. The highest BCUT2D eigenvalue weighted by Crippen LogP contribution is 2.32. The highest BCUT2D eigenvalue weighted by atomic mass is 15.4. The maximum absolute atomic E-state index is 4.86. The van der Waals surface area contributed by atoms with Crippen molar-refractivity contribution in [2.75, 3.05) is 18.0 Å². The van der Waals surface area contributed by atoms with Crippen molar-refractivity contribution in [3.63, 3.8) is 0 Å². The largest absolute Gasteiger partial charge is 0.356 e. The Kier molecular flexibility index (Phi) is 4.03. The highest BCUT2D eigenvalue weighted by Gasteiger charge is 2.27. The molecule has 0 radical (unpaired) electrons. The fraction of sp³-hybridized carbons (Fsp3) is 0.429. The number of aryl methyl sites for hydroxylation is 2. The highest BCUT2D eigenvalue weighted by molar-refractivity contribution is 5.76. The van der Waals surface area contributed by atoms with Crippen molar-refractivity contribution in [1.29, 1.82) is 0 Å². The molecule has 0 aliphatic carbocycles. The number of nitrogens with zero attached hydrogens (tertiary/aromatic N) is 7. The van der Waals surface area contributed by atoms with Gasteiger partial charge in [0.2, 0.25) is 0 Å². The molecule has 1 fully saturated rings. The number of imidazole rings is 1. The summed E-state index contributed by atoms with van der Waals surface area (Å²) in [5.41, 5.74) is 4.56. The molecule has 0 unspecified atom stereocenters. The molecule has 1 aliphatic heterocycles. The molecule has 7 heteroatoms. The van der Waals surface area contributed by atoms with E-state index in [4.69, 9.17) is 4.98 Å². The van der Waals surface area contributed by atoms with Gasteiger partial charge < -0.3 is 9.47 Å². The number of rotatable bonds is 3. The van der Waals surface area contributed by atoms with Crippen molar-refractivity contribution in [1.82, 2.24) is 29.1 Å². The van der Waals surface area contributed by atoms with Crippen LogP contribution in [0, 0.1) is 13.8 Å². The van der Waals surface area contributed by atoms with Crippen LogP contribution in [0.2, 0.25) is 0 Å². The molecular weight excluding hydrogens is 350 g/mol. The van der Waals surface area contributed by atoms with Crippen molar-refractivity contribution < 1.29 is 0 Å². The summed E-state index contributed by atoms with van der Waals surface area (Å²) < 4.78 is 4.36. The molecule has 0 amide bonds.